The van der Waals surface area contributed by atoms with E-state index in [-0.39, 0.29) is 0 Å². The van der Waals surface area contributed by atoms with Gasteiger partial charge in [0.2, 0.25) is 0 Å². The molecule has 0 nitrogen and oxygen atoms in total. The molecule has 0 saturated heterocycles. The molecule has 1 aliphatic rings. The maximum atomic E-state index is 12.4. The molecular weight excluding hydrogens is 293 g/mol. The van der Waals surface area contributed by atoms with Gasteiger partial charge in [0.05, 0.1) is 5.56 Å². The van der Waals surface area contributed by atoms with Crippen molar-refractivity contribution in [1.82, 2.24) is 0 Å². The SMILES string of the molecule is CSC1CCC(/C=C/C=C/c2ccc(C(F)(F)F)cc2)C1. The highest BCUT2D eigenvalue weighted by Gasteiger charge is 2.29. The maximum absolute atomic E-state index is 12.4. The molecule has 2 unspecified atom stereocenters. The Balaban J connectivity index is 1.87. The van der Waals surface area contributed by atoms with Crippen LogP contribution in [0.3, 0.4) is 0 Å². The Morgan fingerprint density at radius 2 is 1.81 bits per heavy atom. The molecule has 1 aliphatic carbocycles. The van der Waals surface area contributed by atoms with Gasteiger partial charge in [-0.25, -0.2) is 0 Å². The molecule has 2 rings (SSSR count). The highest BCUT2D eigenvalue weighted by molar-refractivity contribution is 7.99. The van der Waals surface area contributed by atoms with E-state index in [4.69, 9.17) is 0 Å². The Bertz CT molecular complexity index is 500. The van der Waals surface area contributed by atoms with Gasteiger partial charge < -0.3 is 0 Å². The third kappa shape index (κ3) is 4.95. The molecule has 1 aromatic carbocycles. The number of halogens is 3. The molecule has 114 valence electrons. The minimum absolute atomic E-state index is 0.607. The van der Waals surface area contributed by atoms with Gasteiger partial charge in [-0.15, -0.1) is 0 Å². The van der Waals surface area contributed by atoms with Gasteiger partial charge in [0, 0.05) is 5.25 Å². The van der Waals surface area contributed by atoms with Crippen LogP contribution in [0.5, 0.6) is 0 Å². The molecule has 21 heavy (non-hydrogen) atoms. The Morgan fingerprint density at radius 1 is 1.10 bits per heavy atom. The van der Waals surface area contributed by atoms with E-state index in [1.807, 2.05) is 30.0 Å². The first-order valence-electron chi connectivity index (χ1n) is 7.04. The Labute approximate surface area is 128 Å². The van der Waals surface area contributed by atoms with Crippen LogP contribution in [-0.4, -0.2) is 11.5 Å². The summed E-state index contributed by atoms with van der Waals surface area (Å²) >= 11 is 1.93. The van der Waals surface area contributed by atoms with Gasteiger partial charge in [-0.1, -0.05) is 36.4 Å². The zero-order valence-electron chi connectivity index (χ0n) is 11.9. The van der Waals surface area contributed by atoms with Crippen molar-refractivity contribution in [3.63, 3.8) is 0 Å². The summed E-state index contributed by atoms with van der Waals surface area (Å²) in [6, 6.07) is 5.21. The van der Waals surface area contributed by atoms with Crippen LogP contribution in [0.15, 0.2) is 42.5 Å². The van der Waals surface area contributed by atoms with E-state index in [0.717, 1.165) is 22.9 Å². The number of benzene rings is 1. The van der Waals surface area contributed by atoms with Crippen LogP contribution in [-0.2, 0) is 6.18 Å². The minimum atomic E-state index is -4.27. The van der Waals surface area contributed by atoms with Gasteiger partial charge in [0.25, 0.3) is 0 Å². The molecule has 0 aliphatic heterocycles. The van der Waals surface area contributed by atoms with Crippen molar-refractivity contribution >= 4 is 17.8 Å². The molecule has 0 aromatic heterocycles. The summed E-state index contributed by atoms with van der Waals surface area (Å²) in [5.74, 6) is 0.639. The fourth-order valence-corrected chi connectivity index (χ4v) is 3.34. The van der Waals surface area contributed by atoms with E-state index >= 15 is 0 Å². The Hall–Kier alpha value is -1.16. The van der Waals surface area contributed by atoms with Crippen LogP contribution in [0.25, 0.3) is 6.08 Å². The van der Waals surface area contributed by atoms with Gasteiger partial charge in [-0.2, -0.15) is 24.9 Å². The topological polar surface area (TPSA) is 0 Å². The van der Waals surface area contributed by atoms with E-state index in [9.17, 15) is 13.2 Å². The van der Waals surface area contributed by atoms with Crippen LogP contribution < -0.4 is 0 Å². The lowest BCUT2D eigenvalue weighted by atomic mass is 10.1. The largest absolute Gasteiger partial charge is 0.416 e. The van der Waals surface area contributed by atoms with Crippen molar-refractivity contribution in [3.8, 4) is 0 Å². The zero-order chi connectivity index (χ0) is 15.3. The van der Waals surface area contributed by atoms with Gasteiger partial charge in [-0.3, -0.25) is 0 Å². The second kappa shape index (κ2) is 7.21. The Kier molecular flexibility index (Phi) is 5.57. The summed E-state index contributed by atoms with van der Waals surface area (Å²) in [5.41, 5.74) is 0.172. The number of thioether (sulfide) groups is 1. The van der Waals surface area contributed by atoms with Crippen LogP contribution >= 0.6 is 11.8 Å². The number of allylic oxidation sites excluding steroid dienone is 3. The third-order valence-electron chi connectivity index (χ3n) is 3.78. The highest BCUT2D eigenvalue weighted by atomic mass is 32.2. The molecule has 2 atom stereocenters. The average molecular weight is 312 g/mol. The standard InChI is InChI=1S/C17H19F3S/c1-21-16-11-8-14(12-16)5-3-2-4-13-6-9-15(10-7-13)17(18,19)20/h2-7,9-10,14,16H,8,11-12H2,1H3/b4-2+,5-3+. The predicted octanol–water partition coefficient (Wildman–Crippen LogP) is 5.81. The Morgan fingerprint density at radius 3 is 2.38 bits per heavy atom. The van der Waals surface area contributed by atoms with E-state index < -0.39 is 11.7 Å². The zero-order valence-corrected chi connectivity index (χ0v) is 12.8. The number of hydrogen-bond donors (Lipinski definition) is 0. The lowest BCUT2D eigenvalue weighted by Crippen LogP contribution is -2.03. The van der Waals surface area contributed by atoms with E-state index in [2.05, 4.69) is 12.3 Å². The van der Waals surface area contributed by atoms with Crippen LogP contribution in [0.2, 0.25) is 0 Å². The predicted molar refractivity (Wildman–Crippen MR) is 84.3 cm³/mol. The first-order chi connectivity index (χ1) is 9.99. The van der Waals surface area contributed by atoms with Gasteiger partial charge in [-0.05, 0) is 49.1 Å². The summed E-state index contributed by atoms with van der Waals surface area (Å²) in [4.78, 5) is 0. The van der Waals surface area contributed by atoms with Gasteiger partial charge in [0.1, 0.15) is 0 Å². The number of rotatable bonds is 4. The van der Waals surface area contributed by atoms with Crippen LogP contribution in [0, 0.1) is 5.92 Å². The van der Waals surface area contributed by atoms with Crippen molar-refractivity contribution in [3.05, 3.63) is 53.6 Å². The molecule has 4 heteroatoms. The molecule has 0 amide bonds. The minimum Gasteiger partial charge on any atom is -0.166 e. The molecule has 1 aromatic rings. The normalized spacial score (nSPS) is 23.4. The first-order valence-corrected chi connectivity index (χ1v) is 8.33. The van der Waals surface area contributed by atoms with Crippen LogP contribution in [0.4, 0.5) is 13.2 Å². The van der Waals surface area contributed by atoms with E-state index in [1.54, 1.807) is 0 Å². The smallest absolute Gasteiger partial charge is 0.166 e. The maximum Gasteiger partial charge on any atom is 0.416 e. The number of hydrogen-bond acceptors (Lipinski definition) is 1. The summed E-state index contributed by atoms with van der Waals surface area (Å²) in [7, 11) is 0. The first kappa shape index (κ1) is 16.2. The molecule has 0 spiro atoms. The fraction of sp³-hybridized carbons (Fsp3) is 0.412. The summed E-state index contributed by atoms with van der Waals surface area (Å²) in [5, 5.41) is 0.776. The van der Waals surface area contributed by atoms with E-state index in [1.165, 1.54) is 31.4 Å². The molecule has 0 radical (unpaired) electrons. The van der Waals surface area contributed by atoms with Crippen molar-refractivity contribution in [2.24, 2.45) is 5.92 Å². The highest BCUT2D eigenvalue weighted by Crippen LogP contribution is 2.33. The van der Waals surface area contributed by atoms with E-state index in [0.29, 0.717) is 5.92 Å². The monoisotopic (exact) mass is 312 g/mol. The molecular formula is C17H19F3S. The summed E-state index contributed by atoms with van der Waals surface area (Å²) in [6.07, 6.45) is 9.56. The molecule has 0 N–H and O–H groups in total. The van der Waals surface area contributed by atoms with Crippen LogP contribution in [0.1, 0.15) is 30.4 Å². The molecule has 1 fully saturated rings. The molecule has 0 bridgehead atoms. The van der Waals surface area contributed by atoms with Gasteiger partial charge >= 0.3 is 6.18 Å². The second-order valence-corrected chi connectivity index (χ2v) is 6.43. The number of alkyl halides is 3. The summed E-state index contributed by atoms with van der Waals surface area (Å²) in [6.45, 7) is 0. The van der Waals surface area contributed by atoms with Crippen molar-refractivity contribution in [2.75, 3.05) is 6.26 Å². The molecule has 1 saturated carbocycles. The average Bonchev–Trinajstić information content (AvgIpc) is 2.91. The lowest BCUT2D eigenvalue weighted by Gasteiger charge is -2.05. The summed E-state index contributed by atoms with van der Waals surface area (Å²) < 4.78 is 37.3. The van der Waals surface area contributed by atoms with Crippen molar-refractivity contribution in [2.45, 2.75) is 30.7 Å². The quantitative estimate of drug-likeness (QED) is 0.632. The molecule has 0 heterocycles. The van der Waals surface area contributed by atoms with Crippen molar-refractivity contribution in [1.29, 1.82) is 0 Å². The second-order valence-electron chi connectivity index (χ2n) is 5.29. The lowest BCUT2D eigenvalue weighted by molar-refractivity contribution is -0.137. The fourth-order valence-electron chi connectivity index (χ4n) is 2.53. The van der Waals surface area contributed by atoms with Gasteiger partial charge in [0.15, 0.2) is 0 Å². The van der Waals surface area contributed by atoms with Crippen molar-refractivity contribution < 1.29 is 13.2 Å². The third-order valence-corrected chi connectivity index (χ3v) is 4.87.